The van der Waals surface area contributed by atoms with Crippen molar-refractivity contribution in [2.75, 3.05) is 7.11 Å². The van der Waals surface area contributed by atoms with Gasteiger partial charge in [-0.1, -0.05) is 60.7 Å². The lowest BCUT2D eigenvalue weighted by Crippen LogP contribution is -2.52. The van der Waals surface area contributed by atoms with E-state index in [-0.39, 0.29) is 11.9 Å². The maximum atomic E-state index is 13.3. The summed E-state index contributed by atoms with van der Waals surface area (Å²) in [5.41, 5.74) is 7.28. The zero-order valence-electron chi connectivity index (χ0n) is 18.4. The second-order valence-corrected chi connectivity index (χ2v) is 7.70. The van der Waals surface area contributed by atoms with Gasteiger partial charge in [-0.25, -0.2) is 4.79 Å². The topological polar surface area (TPSA) is 131 Å². The highest BCUT2D eigenvalue weighted by molar-refractivity contribution is 5.87. The maximum absolute atomic E-state index is 13.3. The standard InChI is InChI=1S/C24H31N3O5/c1-16(10-9-15-19(25)23(29)30)26-22(28)21(27-24(31)32-2)20(17-11-5-3-6-12-17)18-13-7-4-8-14-18/h3-8,11-14,16,19-21H,9-10,15,25H2,1-2H3,(H,26,28)(H,27,31)(H,29,30)/t16-,19-,21-/m0/s1. The first-order valence-corrected chi connectivity index (χ1v) is 10.6. The Bertz CT molecular complexity index is 836. The van der Waals surface area contributed by atoms with Gasteiger partial charge in [-0.3, -0.25) is 9.59 Å². The Hall–Kier alpha value is -3.39. The third-order valence-electron chi connectivity index (χ3n) is 5.25. The first-order chi connectivity index (χ1) is 15.3. The van der Waals surface area contributed by atoms with Crippen LogP contribution in [0.5, 0.6) is 0 Å². The van der Waals surface area contributed by atoms with Crippen molar-refractivity contribution in [2.45, 2.75) is 50.2 Å². The Kier molecular flexibility index (Phi) is 9.69. The molecule has 0 unspecified atom stereocenters. The fourth-order valence-electron chi connectivity index (χ4n) is 3.56. The van der Waals surface area contributed by atoms with Crippen LogP contribution in [0.3, 0.4) is 0 Å². The van der Waals surface area contributed by atoms with Crippen LogP contribution in [0.4, 0.5) is 4.79 Å². The van der Waals surface area contributed by atoms with E-state index in [0.29, 0.717) is 19.3 Å². The molecule has 2 amide bonds. The van der Waals surface area contributed by atoms with Gasteiger partial charge in [-0.15, -0.1) is 0 Å². The molecule has 0 saturated heterocycles. The maximum Gasteiger partial charge on any atom is 0.407 e. The summed E-state index contributed by atoms with van der Waals surface area (Å²) in [7, 11) is 1.25. The van der Waals surface area contributed by atoms with Gasteiger partial charge < -0.3 is 26.2 Å². The van der Waals surface area contributed by atoms with E-state index in [1.807, 2.05) is 67.6 Å². The van der Waals surface area contributed by atoms with Crippen molar-refractivity contribution in [3.8, 4) is 0 Å². The molecular formula is C24H31N3O5. The molecule has 0 fully saturated rings. The minimum absolute atomic E-state index is 0.238. The van der Waals surface area contributed by atoms with Gasteiger partial charge in [-0.05, 0) is 37.3 Å². The first-order valence-electron chi connectivity index (χ1n) is 10.6. The third kappa shape index (κ3) is 7.39. The number of nitrogens with one attached hydrogen (secondary N) is 2. The summed E-state index contributed by atoms with van der Waals surface area (Å²) in [6.07, 6.45) is 0.710. The van der Waals surface area contributed by atoms with Crippen LogP contribution in [0.2, 0.25) is 0 Å². The van der Waals surface area contributed by atoms with Crippen LogP contribution in [0.1, 0.15) is 43.2 Å². The number of rotatable bonds is 11. The number of methoxy groups -OCH3 is 1. The van der Waals surface area contributed by atoms with Crippen LogP contribution < -0.4 is 16.4 Å². The molecule has 0 aromatic heterocycles. The van der Waals surface area contributed by atoms with Crippen LogP contribution >= 0.6 is 0 Å². The molecule has 0 radical (unpaired) electrons. The second kappa shape index (κ2) is 12.5. The van der Waals surface area contributed by atoms with Crippen LogP contribution in [0.15, 0.2) is 60.7 Å². The number of ether oxygens (including phenoxy) is 1. The monoisotopic (exact) mass is 441 g/mol. The fraction of sp³-hybridized carbons (Fsp3) is 0.375. The number of carboxylic acids is 1. The molecule has 2 rings (SSSR count). The molecule has 0 aliphatic heterocycles. The Balaban J connectivity index is 2.23. The van der Waals surface area contributed by atoms with E-state index in [0.717, 1.165) is 11.1 Å². The van der Waals surface area contributed by atoms with E-state index in [1.165, 1.54) is 7.11 Å². The molecule has 3 atom stereocenters. The van der Waals surface area contributed by atoms with Gasteiger partial charge in [0, 0.05) is 12.0 Å². The Labute approximate surface area is 188 Å². The van der Waals surface area contributed by atoms with Gasteiger partial charge in [0.15, 0.2) is 0 Å². The molecule has 0 aliphatic carbocycles. The number of aliphatic carboxylic acids is 1. The van der Waals surface area contributed by atoms with E-state index in [4.69, 9.17) is 15.6 Å². The number of nitrogens with two attached hydrogens (primary N) is 1. The average Bonchev–Trinajstić information content (AvgIpc) is 2.79. The zero-order chi connectivity index (χ0) is 23.5. The number of carbonyl (C=O) groups excluding carboxylic acids is 2. The van der Waals surface area contributed by atoms with E-state index in [2.05, 4.69) is 10.6 Å². The quantitative estimate of drug-likeness (QED) is 0.424. The highest BCUT2D eigenvalue weighted by Gasteiger charge is 2.33. The molecular weight excluding hydrogens is 410 g/mol. The van der Waals surface area contributed by atoms with E-state index < -0.39 is 30.1 Å². The number of carboxylic acid groups (broad SMARTS) is 1. The number of amides is 2. The van der Waals surface area contributed by atoms with Crippen LogP contribution in [0, 0.1) is 0 Å². The minimum Gasteiger partial charge on any atom is -0.480 e. The van der Waals surface area contributed by atoms with Crippen molar-refractivity contribution in [2.24, 2.45) is 5.73 Å². The van der Waals surface area contributed by atoms with Gasteiger partial charge >= 0.3 is 12.1 Å². The number of alkyl carbamates (subject to hydrolysis) is 1. The number of benzene rings is 2. The molecule has 0 aliphatic rings. The number of carbonyl (C=O) groups is 3. The van der Waals surface area contributed by atoms with Gasteiger partial charge in [-0.2, -0.15) is 0 Å². The molecule has 0 bridgehead atoms. The lowest BCUT2D eigenvalue weighted by atomic mass is 9.84. The summed E-state index contributed by atoms with van der Waals surface area (Å²) < 4.78 is 4.77. The number of hydrogen-bond donors (Lipinski definition) is 4. The van der Waals surface area contributed by atoms with Crippen molar-refractivity contribution < 1.29 is 24.2 Å². The van der Waals surface area contributed by atoms with Crippen LogP contribution in [-0.2, 0) is 14.3 Å². The van der Waals surface area contributed by atoms with Crippen LogP contribution in [-0.4, -0.2) is 48.3 Å². The lowest BCUT2D eigenvalue weighted by molar-refractivity contribution is -0.138. The van der Waals surface area contributed by atoms with Gasteiger partial charge in [0.1, 0.15) is 12.1 Å². The molecule has 8 heteroatoms. The predicted octanol–water partition coefficient (Wildman–Crippen LogP) is 2.63. The van der Waals surface area contributed by atoms with Crippen molar-refractivity contribution >= 4 is 18.0 Å². The molecule has 0 spiro atoms. The minimum atomic E-state index is -1.04. The molecule has 2 aromatic rings. The Morgan fingerprint density at radius 3 is 1.94 bits per heavy atom. The van der Waals surface area contributed by atoms with E-state index >= 15 is 0 Å². The molecule has 0 heterocycles. The molecule has 172 valence electrons. The summed E-state index contributed by atoms with van der Waals surface area (Å²) >= 11 is 0. The van der Waals surface area contributed by atoms with Crippen molar-refractivity contribution in [3.63, 3.8) is 0 Å². The Morgan fingerprint density at radius 2 is 1.47 bits per heavy atom. The predicted molar refractivity (Wildman–Crippen MR) is 121 cm³/mol. The summed E-state index contributed by atoms with van der Waals surface area (Å²) in [6.45, 7) is 1.83. The van der Waals surface area contributed by atoms with E-state index in [1.54, 1.807) is 0 Å². The molecule has 32 heavy (non-hydrogen) atoms. The summed E-state index contributed by atoms with van der Waals surface area (Å²) in [4.78, 5) is 36.3. The smallest absolute Gasteiger partial charge is 0.407 e. The summed E-state index contributed by atoms with van der Waals surface area (Å²) in [6, 6.07) is 16.9. The van der Waals surface area contributed by atoms with Gasteiger partial charge in [0.05, 0.1) is 7.11 Å². The normalized spacial score (nSPS) is 13.6. The lowest BCUT2D eigenvalue weighted by Gasteiger charge is -2.29. The highest BCUT2D eigenvalue weighted by atomic mass is 16.5. The molecule has 0 saturated carbocycles. The van der Waals surface area contributed by atoms with Gasteiger partial charge in [0.2, 0.25) is 5.91 Å². The largest absolute Gasteiger partial charge is 0.480 e. The zero-order valence-corrected chi connectivity index (χ0v) is 18.4. The van der Waals surface area contributed by atoms with Crippen LogP contribution in [0.25, 0.3) is 0 Å². The Morgan fingerprint density at radius 1 is 0.938 bits per heavy atom. The first kappa shape index (κ1) is 24.9. The van der Waals surface area contributed by atoms with E-state index in [9.17, 15) is 14.4 Å². The SMILES string of the molecule is COC(=O)N[C@H](C(=O)N[C@@H](C)CCC[C@H](N)C(=O)O)C(c1ccccc1)c1ccccc1. The second-order valence-electron chi connectivity index (χ2n) is 7.70. The highest BCUT2D eigenvalue weighted by Crippen LogP contribution is 2.28. The molecule has 2 aromatic carbocycles. The average molecular weight is 442 g/mol. The summed E-state index contributed by atoms with van der Waals surface area (Å²) in [5.74, 6) is -1.84. The number of hydrogen-bond acceptors (Lipinski definition) is 5. The fourth-order valence-corrected chi connectivity index (χ4v) is 3.56. The van der Waals surface area contributed by atoms with Crippen molar-refractivity contribution in [3.05, 3.63) is 71.8 Å². The summed E-state index contributed by atoms with van der Waals surface area (Å²) in [5, 5.41) is 14.5. The molecule has 5 N–H and O–H groups in total. The van der Waals surface area contributed by atoms with Gasteiger partial charge in [0.25, 0.3) is 0 Å². The van der Waals surface area contributed by atoms with Crippen molar-refractivity contribution in [1.82, 2.24) is 10.6 Å². The third-order valence-corrected chi connectivity index (χ3v) is 5.25. The molecule has 8 nitrogen and oxygen atoms in total. The van der Waals surface area contributed by atoms with Crippen molar-refractivity contribution in [1.29, 1.82) is 0 Å².